The maximum atomic E-state index is 11.4. The van der Waals surface area contributed by atoms with E-state index in [9.17, 15) is 9.59 Å². The molecule has 0 saturated heterocycles. The molecule has 1 aromatic rings. The third-order valence-corrected chi connectivity index (χ3v) is 1.97. The highest BCUT2D eigenvalue weighted by Gasteiger charge is 2.14. The van der Waals surface area contributed by atoms with E-state index in [1.165, 1.54) is 19.6 Å². The molecule has 0 aliphatic rings. The molecule has 1 atom stereocenters. The monoisotopic (exact) mass is 227 g/mol. The molecule has 7 heteroatoms. The van der Waals surface area contributed by atoms with Crippen LogP contribution in [-0.2, 0) is 9.53 Å². The van der Waals surface area contributed by atoms with Gasteiger partial charge in [-0.05, 0) is 0 Å². The summed E-state index contributed by atoms with van der Waals surface area (Å²) in [5.41, 5.74) is 0.324. The molecule has 1 unspecified atom stereocenters. The van der Waals surface area contributed by atoms with Gasteiger partial charge in [0.1, 0.15) is 5.69 Å². The van der Waals surface area contributed by atoms with Crippen molar-refractivity contribution in [1.82, 2.24) is 15.3 Å². The van der Waals surface area contributed by atoms with E-state index >= 15 is 0 Å². The molecule has 1 aromatic heterocycles. The lowest BCUT2D eigenvalue weighted by molar-refractivity contribution is -0.139. The number of hydrogen-bond acceptors (Lipinski definition) is 4. The SMILES string of the molecule is COC(CNC(=O)c1cnc[nH]1)CC(=O)O. The smallest absolute Gasteiger partial charge is 0.306 e. The molecule has 0 bridgehead atoms. The Labute approximate surface area is 91.8 Å². The summed E-state index contributed by atoms with van der Waals surface area (Å²) < 4.78 is 4.91. The average Bonchev–Trinajstić information content (AvgIpc) is 2.76. The third kappa shape index (κ3) is 3.70. The zero-order chi connectivity index (χ0) is 12.0. The standard InChI is InChI=1S/C9H13N3O4/c1-16-6(2-8(13)14)3-11-9(15)7-4-10-5-12-7/h4-6H,2-3H2,1H3,(H,10,12)(H,11,15)(H,13,14). The molecule has 16 heavy (non-hydrogen) atoms. The molecule has 1 rings (SSSR count). The van der Waals surface area contributed by atoms with Crippen LogP contribution in [0.15, 0.2) is 12.5 Å². The number of H-pyrrole nitrogens is 1. The minimum atomic E-state index is -0.970. The van der Waals surface area contributed by atoms with Crippen molar-refractivity contribution in [2.75, 3.05) is 13.7 Å². The van der Waals surface area contributed by atoms with Crippen LogP contribution in [0.5, 0.6) is 0 Å². The first kappa shape index (κ1) is 12.2. The number of methoxy groups -OCH3 is 1. The molecular formula is C9H13N3O4. The minimum absolute atomic E-state index is 0.140. The number of aromatic amines is 1. The van der Waals surface area contributed by atoms with Gasteiger partial charge in [-0.1, -0.05) is 0 Å². The van der Waals surface area contributed by atoms with Crippen LogP contribution in [0.4, 0.5) is 0 Å². The quantitative estimate of drug-likeness (QED) is 0.615. The summed E-state index contributed by atoms with van der Waals surface area (Å²) in [6.45, 7) is 0.140. The molecule has 7 nitrogen and oxygen atoms in total. The summed E-state index contributed by atoms with van der Waals surface area (Å²) in [4.78, 5) is 28.2. The normalized spacial score (nSPS) is 12.1. The first-order valence-electron chi connectivity index (χ1n) is 4.64. The Bertz CT molecular complexity index is 350. The summed E-state index contributed by atoms with van der Waals surface area (Å²) in [5, 5.41) is 11.1. The molecule has 0 spiro atoms. The maximum Gasteiger partial charge on any atom is 0.306 e. The van der Waals surface area contributed by atoms with Crippen molar-refractivity contribution in [3.8, 4) is 0 Å². The van der Waals surface area contributed by atoms with Crippen LogP contribution in [0, 0.1) is 0 Å². The zero-order valence-corrected chi connectivity index (χ0v) is 8.77. The van der Waals surface area contributed by atoms with Gasteiger partial charge < -0.3 is 20.1 Å². The van der Waals surface area contributed by atoms with Crippen LogP contribution in [0.1, 0.15) is 16.9 Å². The number of carbonyl (C=O) groups excluding carboxylic acids is 1. The number of aromatic nitrogens is 2. The van der Waals surface area contributed by atoms with Crippen LogP contribution in [-0.4, -0.2) is 46.7 Å². The number of rotatable bonds is 6. The molecule has 0 aliphatic heterocycles. The van der Waals surface area contributed by atoms with Gasteiger partial charge in [-0.15, -0.1) is 0 Å². The highest BCUT2D eigenvalue weighted by molar-refractivity contribution is 5.91. The lowest BCUT2D eigenvalue weighted by atomic mass is 10.2. The van der Waals surface area contributed by atoms with Gasteiger partial charge in [-0.25, -0.2) is 4.98 Å². The fourth-order valence-electron chi connectivity index (χ4n) is 1.12. The fourth-order valence-corrected chi connectivity index (χ4v) is 1.12. The maximum absolute atomic E-state index is 11.4. The largest absolute Gasteiger partial charge is 0.481 e. The molecule has 1 heterocycles. The zero-order valence-electron chi connectivity index (χ0n) is 8.77. The van der Waals surface area contributed by atoms with E-state index in [0.717, 1.165) is 0 Å². The second kappa shape index (κ2) is 5.86. The minimum Gasteiger partial charge on any atom is -0.481 e. The molecule has 0 saturated carbocycles. The molecular weight excluding hydrogens is 214 g/mol. The van der Waals surface area contributed by atoms with Gasteiger partial charge in [0.2, 0.25) is 0 Å². The topological polar surface area (TPSA) is 104 Å². The Hall–Kier alpha value is -1.89. The van der Waals surface area contributed by atoms with Crippen molar-refractivity contribution in [3.63, 3.8) is 0 Å². The number of hydrogen-bond donors (Lipinski definition) is 3. The van der Waals surface area contributed by atoms with E-state index in [-0.39, 0.29) is 18.9 Å². The number of carboxylic acids is 1. The van der Waals surface area contributed by atoms with Crippen molar-refractivity contribution in [1.29, 1.82) is 0 Å². The van der Waals surface area contributed by atoms with Crippen molar-refractivity contribution in [3.05, 3.63) is 18.2 Å². The molecule has 0 aromatic carbocycles. The van der Waals surface area contributed by atoms with Crippen LogP contribution < -0.4 is 5.32 Å². The summed E-state index contributed by atoms with van der Waals surface area (Å²) in [5.74, 6) is -1.31. The van der Waals surface area contributed by atoms with E-state index in [1.807, 2.05) is 0 Å². The average molecular weight is 227 g/mol. The number of imidazole rings is 1. The number of amides is 1. The predicted octanol–water partition coefficient (Wildman–Crippen LogP) is -0.371. The summed E-state index contributed by atoms with van der Waals surface area (Å²) in [6, 6.07) is 0. The highest BCUT2D eigenvalue weighted by Crippen LogP contribution is 1.97. The van der Waals surface area contributed by atoms with E-state index < -0.39 is 12.1 Å². The number of carboxylic acid groups (broad SMARTS) is 1. The van der Waals surface area contributed by atoms with Crippen molar-refractivity contribution >= 4 is 11.9 Å². The van der Waals surface area contributed by atoms with Gasteiger partial charge in [0, 0.05) is 13.7 Å². The summed E-state index contributed by atoms with van der Waals surface area (Å²) in [7, 11) is 1.40. The third-order valence-electron chi connectivity index (χ3n) is 1.97. The van der Waals surface area contributed by atoms with E-state index in [4.69, 9.17) is 9.84 Å². The van der Waals surface area contributed by atoms with Gasteiger partial charge in [0.05, 0.1) is 25.0 Å². The van der Waals surface area contributed by atoms with E-state index in [0.29, 0.717) is 5.69 Å². The number of ether oxygens (including phenoxy) is 1. The van der Waals surface area contributed by atoms with Crippen molar-refractivity contribution < 1.29 is 19.4 Å². The second-order valence-corrected chi connectivity index (χ2v) is 3.13. The van der Waals surface area contributed by atoms with Gasteiger partial charge in [0.15, 0.2) is 0 Å². The van der Waals surface area contributed by atoms with Gasteiger partial charge >= 0.3 is 5.97 Å². The van der Waals surface area contributed by atoms with E-state index in [1.54, 1.807) is 0 Å². The molecule has 3 N–H and O–H groups in total. The summed E-state index contributed by atoms with van der Waals surface area (Å²) in [6.07, 6.45) is 2.08. The van der Waals surface area contributed by atoms with Gasteiger partial charge in [-0.3, -0.25) is 9.59 Å². The predicted molar refractivity (Wildman–Crippen MR) is 54.0 cm³/mol. The van der Waals surface area contributed by atoms with Crippen LogP contribution >= 0.6 is 0 Å². The van der Waals surface area contributed by atoms with Crippen LogP contribution in [0.25, 0.3) is 0 Å². The van der Waals surface area contributed by atoms with Crippen LogP contribution in [0.2, 0.25) is 0 Å². The van der Waals surface area contributed by atoms with Gasteiger partial charge in [0.25, 0.3) is 5.91 Å². The lowest BCUT2D eigenvalue weighted by Crippen LogP contribution is -2.34. The fraction of sp³-hybridized carbons (Fsp3) is 0.444. The molecule has 0 fully saturated rings. The number of nitrogens with zero attached hydrogens (tertiary/aromatic N) is 1. The van der Waals surface area contributed by atoms with Gasteiger partial charge in [-0.2, -0.15) is 0 Å². The number of aliphatic carboxylic acids is 1. The molecule has 0 radical (unpaired) electrons. The van der Waals surface area contributed by atoms with Crippen molar-refractivity contribution in [2.24, 2.45) is 0 Å². The molecule has 1 amide bonds. The van der Waals surface area contributed by atoms with Crippen LogP contribution in [0.3, 0.4) is 0 Å². The molecule has 0 aliphatic carbocycles. The Morgan fingerprint density at radius 1 is 1.69 bits per heavy atom. The Balaban J connectivity index is 2.38. The lowest BCUT2D eigenvalue weighted by Gasteiger charge is -2.13. The molecule has 88 valence electrons. The second-order valence-electron chi connectivity index (χ2n) is 3.13. The summed E-state index contributed by atoms with van der Waals surface area (Å²) >= 11 is 0. The first-order chi connectivity index (χ1) is 7.63. The van der Waals surface area contributed by atoms with E-state index in [2.05, 4.69) is 15.3 Å². The number of nitrogens with one attached hydrogen (secondary N) is 2. The Morgan fingerprint density at radius 2 is 2.44 bits per heavy atom. The number of carbonyl (C=O) groups is 2. The van der Waals surface area contributed by atoms with Crippen molar-refractivity contribution in [2.45, 2.75) is 12.5 Å². The Morgan fingerprint density at radius 3 is 2.94 bits per heavy atom. The first-order valence-corrected chi connectivity index (χ1v) is 4.64. The highest BCUT2D eigenvalue weighted by atomic mass is 16.5. The Kier molecular flexibility index (Phi) is 4.46.